The summed E-state index contributed by atoms with van der Waals surface area (Å²) in [6.07, 6.45) is -1.54. The Morgan fingerprint density at radius 2 is 1.67 bits per heavy atom. The van der Waals surface area contributed by atoms with E-state index in [-0.39, 0.29) is 38.7 Å². The van der Waals surface area contributed by atoms with Gasteiger partial charge in [0.05, 0.1) is 26.5 Å². The van der Waals surface area contributed by atoms with Gasteiger partial charge in [-0.15, -0.1) is 0 Å². The average Bonchev–Trinajstić information content (AvgIpc) is 2.81. The molecule has 1 fully saturated rings. The molecule has 39 heavy (non-hydrogen) atoms. The minimum atomic E-state index is -4.60. The van der Waals surface area contributed by atoms with Gasteiger partial charge < -0.3 is 15.0 Å². The molecule has 0 spiro atoms. The van der Waals surface area contributed by atoms with Crippen LogP contribution in [0, 0.1) is 0 Å². The number of carbonyl (C=O) groups is 2. The molecule has 1 N–H and O–H groups in total. The number of nitrogens with one attached hydrogen (secondary N) is 1. The number of rotatable bonds is 5. The number of allylic oxidation sites excluding steroid dienone is 1. The van der Waals surface area contributed by atoms with E-state index in [9.17, 15) is 22.8 Å². The van der Waals surface area contributed by atoms with Crippen molar-refractivity contribution in [3.05, 3.63) is 72.6 Å². The summed E-state index contributed by atoms with van der Waals surface area (Å²) in [7, 11) is 0. The van der Waals surface area contributed by atoms with Crippen molar-refractivity contribution in [1.82, 2.24) is 10.2 Å². The molecule has 212 valence electrons. The summed E-state index contributed by atoms with van der Waals surface area (Å²) in [5, 5.41) is 2.80. The molecule has 1 aliphatic rings. The predicted octanol–water partition coefficient (Wildman–Crippen LogP) is 8.90. The lowest BCUT2D eigenvalue weighted by atomic mass is 9.97. The van der Waals surface area contributed by atoms with Crippen LogP contribution in [0.4, 0.5) is 18.0 Å². The molecule has 0 saturated carbocycles. The maximum absolute atomic E-state index is 13.8. The standard InChI is InChI=1S/C27H27BrCl3F3N2O3/c1-26(2,3)39-25(38)36-10-8-17(9-11-36)35-24(37)18-6-4-15(12-20(18)28)5-7-19(27(32,33)34)16-13-21(29)23(31)22(30)14-16/h4-7,12-14,17,19H,8-11H2,1-3H3,(H,35,37)/b7-5+. The number of halogens is 7. The summed E-state index contributed by atoms with van der Waals surface area (Å²) >= 11 is 21.1. The van der Waals surface area contributed by atoms with Crippen molar-refractivity contribution in [2.24, 2.45) is 0 Å². The first-order chi connectivity index (χ1) is 18.0. The third-order valence-electron chi connectivity index (χ3n) is 5.92. The zero-order valence-electron chi connectivity index (χ0n) is 21.3. The van der Waals surface area contributed by atoms with Crippen LogP contribution in [-0.2, 0) is 4.74 Å². The summed E-state index contributed by atoms with van der Waals surface area (Å²) in [4.78, 5) is 26.7. The lowest BCUT2D eigenvalue weighted by Gasteiger charge is -2.33. The maximum atomic E-state index is 13.8. The van der Waals surface area contributed by atoms with Crippen LogP contribution in [0.5, 0.6) is 0 Å². The van der Waals surface area contributed by atoms with Gasteiger partial charge in [0.15, 0.2) is 0 Å². The van der Waals surface area contributed by atoms with Gasteiger partial charge >= 0.3 is 12.3 Å². The summed E-state index contributed by atoms with van der Waals surface area (Å²) in [6.45, 7) is 6.32. The Balaban J connectivity index is 1.66. The SMILES string of the molecule is CC(C)(C)OC(=O)N1CCC(NC(=O)c2ccc(/C=C/C(c3cc(Cl)c(Cl)c(Cl)c3)C(F)(F)F)cc2Br)CC1. The molecule has 1 aliphatic heterocycles. The van der Waals surface area contributed by atoms with Crippen LogP contribution in [0.15, 0.2) is 40.9 Å². The number of hydrogen-bond acceptors (Lipinski definition) is 3. The smallest absolute Gasteiger partial charge is 0.410 e. The molecule has 0 radical (unpaired) electrons. The van der Waals surface area contributed by atoms with E-state index in [1.807, 2.05) is 0 Å². The molecule has 1 saturated heterocycles. The number of piperidine rings is 1. The molecule has 1 atom stereocenters. The van der Waals surface area contributed by atoms with Crippen LogP contribution < -0.4 is 5.32 Å². The average molecular weight is 671 g/mol. The summed E-state index contributed by atoms with van der Waals surface area (Å²) in [5.41, 5.74) is 0.0570. The third kappa shape index (κ3) is 8.77. The van der Waals surface area contributed by atoms with E-state index in [1.165, 1.54) is 12.1 Å². The Morgan fingerprint density at radius 3 is 2.18 bits per heavy atom. The lowest BCUT2D eigenvalue weighted by Crippen LogP contribution is -2.47. The van der Waals surface area contributed by atoms with Crippen molar-refractivity contribution in [2.75, 3.05) is 13.1 Å². The van der Waals surface area contributed by atoms with E-state index in [4.69, 9.17) is 39.5 Å². The van der Waals surface area contributed by atoms with E-state index in [0.29, 0.717) is 41.5 Å². The van der Waals surface area contributed by atoms with E-state index in [0.717, 1.165) is 18.2 Å². The molecule has 2 aromatic rings. The highest BCUT2D eigenvalue weighted by molar-refractivity contribution is 9.10. The second kappa shape index (κ2) is 12.7. The highest BCUT2D eigenvalue weighted by Crippen LogP contribution is 2.41. The van der Waals surface area contributed by atoms with Crippen molar-refractivity contribution in [1.29, 1.82) is 0 Å². The van der Waals surface area contributed by atoms with Crippen molar-refractivity contribution in [2.45, 2.75) is 57.3 Å². The van der Waals surface area contributed by atoms with Crippen molar-refractivity contribution in [3.8, 4) is 0 Å². The van der Waals surface area contributed by atoms with Gasteiger partial charge in [0.25, 0.3) is 5.91 Å². The second-order valence-corrected chi connectivity index (χ2v) is 12.2. The lowest BCUT2D eigenvalue weighted by molar-refractivity contribution is -0.139. The molecular formula is C27H27BrCl3F3N2O3. The number of likely N-dealkylation sites (tertiary alicyclic amines) is 1. The molecule has 3 rings (SSSR count). The third-order valence-corrected chi connectivity index (χ3v) is 7.77. The summed E-state index contributed by atoms with van der Waals surface area (Å²) in [6, 6.07) is 6.79. The number of hydrogen-bond donors (Lipinski definition) is 1. The number of ether oxygens (including phenoxy) is 1. The highest BCUT2D eigenvalue weighted by atomic mass is 79.9. The second-order valence-electron chi connectivity index (χ2n) is 10.1. The van der Waals surface area contributed by atoms with Crippen LogP contribution in [0.1, 0.15) is 61.0 Å². The van der Waals surface area contributed by atoms with Gasteiger partial charge in [0.1, 0.15) is 5.60 Å². The van der Waals surface area contributed by atoms with Crippen LogP contribution in [-0.4, -0.2) is 47.8 Å². The van der Waals surface area contributed by atoms with E-state index < -0.39 is 17.7 Å². The van der Waals surface area contributed by atoms with E-state index in [2.05, 4.69) is 21.2 Å². The molecule has 12 heteroatoms. The van der Waals surface area contributed by atoms with Gasteiger partial charge in [0.2, 0.25) is 0 Å². The van der Waals surface area contributed by atoms with Gasteiger partial charge in [-0.3, -0.25) is 4.79 Å². The van der Waals surface area contributed by atoms with Crippen LogP contribution in [0.3, 0.4) is 0 Å². The summed E-state index contributed by atoms with van der Waals surface area (Å²) in [5.74, 6) is -2.30. The molecule has 1 unspecified atom stereocenters. The molecule has 0 aliphatic carbocycles. The monoisotopic (exact) mass is 668 g/mol. The highest BCUT2D eigenvalue weighted by Gasteiger charge is 2.39. The normalized spacial score (nSPS) is 15.9. The fourth-order valence-electron chi connectivity index (χ4n) is 3.99. The van der Waals surface area contributed by atoms with Crippen molar-refractivity contribution in [3.63, 3.8) is 0 Å². The predicted molar refractivity (Wildman–Crippen MR) is 152 cm³/mol. The molecule has 2 aromatic carbocycles. The molecule has 2 amide bonds. The van der Waals surface area contributed by atoms with E-state index in [1.54, 1.807) is 37.8 Å². The Bertz CT molecular complexity index is 1230. The van der Waals surface area contributed by atoms with E-state index >= 15 is 0 Å². The molecular weight excluding hydrogens is 644 g/mol. The first-order valence-electron chi connectivity index (χ1n) is 12.0. The molecule has 5 nitrogen and oxygen atoms in total. The van der Waals surface area contributed by atoms with Gasteiger partial charge in [-0.2, -0.15) is 13.2 Å². The fourth-order valence-corrected chi connectivity index (χ4v) is 5.18. The first kappa shape index (κ1) is 31.6. The zero-order chi connectivity index (χ0) is 29.1. The number of amides is 2. The Kier molecular flexibility index (Phi) is 10.3. The van der Waals surface area contributed by atoms with Crippen LogP contribution >= 0.6 is 50.7 Å². The molecule has 0 aromatic heterocycles. The van der Waals surface area contributed by atoms with Gasteiger partial charge in [-0.1, -0.05) is 53.0 Å². The van der Waals surface area contributed by atoms with Gasteiger partial charge in [-0.25, -0.2) is 4.79 Å². The zero-order valence-corrected chi connectivity index (χ0v) is 25.2. The topological polar surface area (TPSA) is 58.6 Å². The fraction of sp³-hybridized carbons (Fsp3) is 0.407. The number of benzene rings is 2. The quantitative estimate of drug-likeness (QED) is 0.324. The maximum Gasteiger partial charge on any atom is 0.410 e. The summed E-state index contributed by atoms with van der Waals surface area (Å²) < 4.78 is 47.3. The molecule has 1 heterocycles. The number of nitrogens with zero attached hydrogens (tertiary/aromatic N) is 1. The molecule has 0 bridgehead atoms. The Hall–Kier alpha value is -1.94. The van der Waals surface area contributed by atoms with Crippen molar-refractivity contribution < 1.29 is 27.5 Å². The van der Waals surface area contributed by atoms with Gasteiger partial charge in [-0.05, 0) is 84.9 Å². The van der Waals surface area contributed by atoms with Crippen molar-refractivity contribution >= 4 is 68.8 Å². The largest absolute Gasteiger partial charge is 0.444 e. The Morgan fingerprint density at radius 1 is 1.08 bits per heavy atom. The minimum Gasteiger partial charge on any atom is -0.444 e. The number of alkyl halides is 3. The first-order valence-corrected chi connectivity index (χ1v) is 14.0. The van der Waals surface area contributed by atoms with Crippen LogP contribution in [0.2, 0.25) is 15.1 Å². The van der Waals surface area contributed by atoms with Gasteiger partial charge in [0, 0.05) is 23.6 Å². The number of carbonyl (C=O) groups excluding carboxylic acids is 2. The minimum absolute atomic E-state index is 0.0154. The Labute approximate surface area is 248 Å². The van der Waals surface area contributed by atoms with Crippen LogP contribution in [0.25, 0.3) is 6.08 Å².